The van der Waals surface area contributed by atoms with E-state index in [1.54, 1.807) is 0 Å². The molecular weight excluding hydrogens is 258 g/mol. The number of halogens is 1. The Morgan fingerprint density at radius 3 is 2.64 bits per heavy atom. The summed E-state index contributed by atoms with van der Waals surface area (Å²) in [6, 6.07) is 4.35. The third-order valence-corrected chi connectivity index (χ3v) is 3.28. The van der Waals surface area contributed by atoms with Gasteiger partial charge in [-0.25, -0.2) is 0 Å². The number of rotatable bonds is 4. The molecule has 78 valence electrons. The zero-order valence-electron chi connectivity index (χ0n) is 8.86. The fourth-order valence-corrected chi connectivity index (χ4v) is 2.54. The Bertz CT molecular complexity index is 289. The molecule has 0 aliphatic heterocycles. The van der Waals surface area contributed by atoms with Gasteiger partial charge in [-0.2, -0.15) is 11.8 Å². The standard InChI is InChI=1S/C11H16BrNS/c1-8-6-9(2)11(10(12)7-8)13-4-5-14-3/h6-7,13H,4-5H2,1-3H3. The van der Waals surface area contributed by atoms with E-state index in [0.29, 0.717) is 0 Å². The third kappa shape index (κ3) is 3.21. The first-order valence-electron chi connectivity index (χ1n) is 4.64. The molecule has 0 aliphatic rings. The van der Waals surface area contributed by atoms with Crippen LogP contribution in [-0.2, 0) is 0 Å². The maximum Gasteiger partial charge on any atom is 0.0514 e. The lowest BCUT2D eigenvalue weighted by Crippen LogP contribution is -2.05. The molecule has 1 nitrogen and oxygen atoms in total. The van der Waals surface area contributed by atoms with Crippen molar-refractivity contribution in [2.45, 2.75) is 13.8 Å². The molecular formula is C11H16BrNS. The molecule has 1 aromatic rings. The summed E-state index contributed by atoms with van der Waals surface area (Å²) in [6.45, 7) is 5.27. The molecule has 0 atom stereocenters. The molecule has 1 N–H and O–H groups in total. The average Bonchev–Trinajstić information content (AvgIpc) is 2.09. The van der Waals surface area contributed by atoms with E-state index in [4.69, 9.17) is 0 Å². The molecule has 1 rings (SSSR count). The summed E-state index contributed by atoms with van der Waals surface area (Å²) < 4.78 is 1.16. The summed E-state index contributed by atoms with van der Waals surface area (Å²) in [6.07, 6.45) is 2.12. The summed E-state index contributed by atoms with van der Waals surface area (Å²) in [7, 11) is 0. The number of aryl methyl sites for hydroxylation is 2. The summed E-state index contributed by atoms with van der Waals surface area (Å²) in [5.74, 6) is 1.14. The van der Waals surface area contributed by atoms with Gasteiger partial charge in [0.1, 0.15) is 0 Å². The van der Waals surface area contributed by atoms with E-state index in [1.807, 2.05) is 11.8 Å². The van der Waals surface area contributed by atoms with Gasteiger partial charge in [0, 0.05) is 16.8 Å². The molecule has 0 heterocycles. The highest BCUT2D eigenvalue weighted by molar-refractivity contribution is 9.10. The van der Waals surface area contributed by atoms with E-state index in [9.17, 15) is 0 Å². The Morgan fingerprint density at radius 2 is 2.07 bits per heavy atom. The van der Waals surface area contributed by atoms with Crippen molar-refractivity contribution >= 4 is 33.4 Å². The van der Waals surface area contributed by atoms with E-state index in [2.05, 4.69) is 53.5 Å². The van der Waals surface area contributed by atoms with Crippen molar-refractivity contribution in [2.24, 2.45) is 0 Å². The van der Waals surface area contributed by atoms with Crippen LogP contribution in [0.3, 0.4) is 0 Å². The molecule has 0 spiro atoms. The van der Waals surface area contributed by atoms with E-state index in [-0.39, 0.29) is 0 Å². The van der Waals surface area contributed by atoms with E-state index in [0.717, 1.165) is 16.8 Å². The van der Waals surface area contributed by atoms with E-state index >= 15 is 0 Å². The number of hydrogen-bond donors (Lipinski definition) is 1. The van der Waals surface area contributed by atoms with E-state index < -0.39 is 0 Å². The van der Waals surface area contributed by atoms with Crippen LogP contribution in [0.25, 0.3) is 0 Å². The lowest BCUT2D eigenvalue weighted by Gasteiger charge is -2.12. The molecule has 0 fully saturated rings. The van der Waals surface area contributed by atoms with Crippen LogP contribution in [0.5, 0.6) is 0 Å². The Labute approximate surface area is 98.8 Å². The van der Waals surface area contributed by atoms with Gasteiger partial charge in [-0.15, -0.1) is 0 Å². The maximum absolute atomic E-state index is 3.58. The number of anilines is 1. The van der Waals surface area contributed by atoms with Crippen LogP contribution >= 0.6 is 27.7 Å². The largest absolute Gasteiger partial charge is 0.383 e. The quantitative estimate of drug-likeness (QED) is 0.837. The highest BCUT2D eigenvalue weighted by Crippen LogP contribution is 2.27. The predicted octanol–water partition coefficient (Wildman–Crippen LogP) is 3.84. The zero-order chi connectivity index (χ0) is 10.6. The molecule has 1 aromatic carbocycles. The topological polar surface area (TPSA) is 12.0 Å². The summed E-state index contributed by atoms with van der Waals surface area (Å²) in [5, 5.41) is 3.44. The van der Waals surface area contributed by atoms with Crippen LogP contribution < -0.4 is 5.32 Å². The lowest BCUT2D eigenvalue weighted by atomic mass is 10.1. The number of nitrogens with one attached hydrogen (secondary N) is 1. The second-order valence-corrected chi connectivity index (χ2v) is 5.20. The Balaban J connectivity index is 2.75. The summed E-state index contributed by atoms with van der Waals surface area (Å²) in [4.78, 5) is 0. The second-order valence-electron chi connectivity index (χ2n) is 3.36. The molecule has 0 radical (unpaired) electrons. The van der Waals surface area contributed by atoms with Crippen molar-refractivity contribution < 1.29 is 0 Å². The van der Waals surface area contributed by atoms with Crippen molar-refractivity contribution in [1.29, 1.82) is 0 Å². The minimum atomic E-state index is 1.02. The molecule has 14 heavy (non-hydrogen) atoms. The molecule has 0 saturated carbocycles. The van der Waals surface area contributed by atoms with Crippen LogP contribution in [-0.4, -0.2) is 18.6 Å². The molecule has 0 bridgehead atoms. The third-order valence-electron chi connectivity index (χ3n) is 2.04. The number of benzene rings is 1. The second kappa shape index (κ2) is 5.66. The predicted molar refractivity (Wildman–Crippen MR) is 70.5 cm³/mol. The van der Waals surface area contributed by atoms with Crippen LogP contribution in [0.15, 0.2) is 16.6 Å². The molecule has 3 heteroatoms. The number of thioether (sulfide) groups is 1. The van der Waals surface area contributed by atoms with Crippen molar-refractivity contribution in [2.75, 3.05) is 23.9 Å². The normalized spacial score (nSPS) is 10.3. The monoisotopic (exact) mass is 273 g/mol. The SMILES string of the molecule is CSCCNc1c(C)cc(C)cc1Br. The molecule has 0 amide bonds. The highest BCUT2D eigenvalue weighted by atomic mass is 79.9. The van der Waals surface area contributed by atoms with Gasteiger partial charge in [0.25, 0.3) is 0 Å². The van der Waals surface area contributed by atoms with Gasteiger partial charge in [-0.3, -0.25) is 0 Å². The molecule has 0 unspecified atom stereocenters. The van der Waals surface area contributed by atoms with Gasteiger partial charge in [0.05, 0.1) is 5.69 Å². The van der Waals surface area contributed by atoms with Crippen LogP contribution in [0.1, 0.15) is 11.1 Å². The van der Waals surface area contributed by atoms with Crippen molar-refractivity contribution in [1.82, 2.24) is 0 Å². The molecule has 0 saturated heterocycles. The van der Waals surface area contributed by atoms with Crippen molar-refractivity contribution in [3.8, 4) is 0 Å². The van der Waals surface area contributed by atoms with Crippen LogP contribution in [0, 0.1) is 13.8 Å². The molecule has 0 aromatic heterocycles. The van der Waals surface area contributed by atoms with E-state index in [1.165, 1.54) is 16.8 Å². The van der Waals surface area contributed by atoms with Gasteiger partial charge < -0.3 is 5.32 Å². The summed E-state index contributed by atoms with van der Waals surface area (Å²) in [5.41, 5.74) is 3.83. The first kappa shape index (κ1) is 11.9. The first-order chi connectivity index (χ1) is 6.65. The van der Waals surface area contributed by atoms with Gasteiger partial charge in [0.2, 0.25) is 0 Å². The Morgan fingerprint density at radius 1 is 1.36 bits per heavy atom. The molecule has 0 aliphatic carbocycles. The first-order valence-corrected chi connectivity index (χ1v) is 6.83. The maximum atomic E-state index is 3.58. The highest BCUT2D eigenvalue weighted by Gasteiger charge is 2.03. The minimum Gasteiger partial charge on any atom is -0.383 e. The van der Waals surface area contributed by atoms with Gasteiger partial charge in [0.15, 0.2) is 0 Å². The zero-order valence-corrected chi connectivity index (χ0v) is 11.3. The lowest BCUT2D eigenvalue weighted by molar-refractivity contribution is 1.20. The van der Waals surface area contributed by atoms with Gasteiger partial charge in [-0.05, 0) is 53.2 Å². The smallest absolute Gasteiger partial charge is 0.0514 e. The van der Waals surface area contributed by atoms with Crippen LogP contribution in [0.4, 0.5) is 5.69 Å². The minimum absolute atomic E-state index is 1.02. The Kier molecular flexibility index (Phi) is 4.82. The summed E-state index contributed by atoms with van der Waals surface area (Å²) >= 11 is 5.44. The van der Waals surface area contributed by atoms with Crippen LogP contribution in [0.2, 0.25) is 0 Å². The number of hydrogen-bond acceptors (Lipinski definition) is 2. The Hall–Kier alpha value is -0.150. The van der Waals surface area contributed by atoms with Gasteiger partial charge >= 0.3 is 0 Å². The average molecular weight is 274 g/mol. The van der Waals surface area contributed by atoms with Gasteiger partial charge in [-0.1, -0.05) is 6.07 Å². The fraction of sp³-hybridized carbons (Fsp3) is 0.455. The van der Waals surface area contributed by atoms with Crippen molar-refractivity contribution in [3.05, 3.63) is 27.7 Å². The van der Waals surface area contributed by atoms with Crippen molar-refractivity contribution in [3.63, 3.8) is 0 Å². The fourth-order valence-electron chi connectivity index (χ4n) is 1.42.